The normalized spacial score (nSPS) is 39.8. The fourth-order valence-electron chi connectivity index (χ4n) is 2.55. The quantitative estimate of drug-likeness (QED) is 0.633. The van der Waals surface area contributed by atoms with Gasteiger partial charge in [0.2, 0.25) is 0 Å². The first-order chi connectivity index (χ1) is 6.24. The summed E-state index contributed by atoms with van der Waals surface area (Å²) in [6.07, 6.45) is 8.87. The van der Waals surface area contributed by atoms with Gasteiger partial charge in [0.05, 0.1) is 11.5 Å². The van der Waals surface area contributed by atoms with Crippen LogP contribution in [0.5, 0.6) is 0 Å². The van der Waals surface area contributed by atoms with Gasteiger partial charge in [-0.2, -0.15) is 5.26 Å². The second-order valence-corrected chi connectivity index (χ2v) is 5.22. The number of nitrogens with zero attached hydrogens (tertiary/aromatic N) is 1. The lowest BCUT2D eigenvalue weighted by Gasteiger charge is -2.33. The van der Waals surface area contributed by atoms with Crippen LogP contribution in [0.2, 0.25) is 0 Å². The predicted octanol–water partition coefficient (Wildman–Crippen LogP) is 3.51. The number of hydrogen-bond acceptors (Lipinski definition) is 1. The molecular formula is C12H19N. The van der Waals surface area contributed by atoms with Gasteiger partial charge in [-0.15, -0.1) is 0 Å². The van der Waals surface area contributed by atoms with E-state index in [2.05, 4.69) is 13.0 Å². The van der Waals surface area contributed by atoms with Crippen LogP contribution in [0, 0.1) is 28.6 Å². The van der Waals surface area contributed by atoms with E-state index in [1.54, 1.807) is 0 Å². The minimum atomic E-state index is 0.0909. The van der Waals surface area contributed by atoms with Gasteiger partial charge in [0.25, 0.3) is 0 Å². The predicted molar refractivity (Wildman–Crippen MR) is 53.0 cm³/mol. The lowest BCUT2D eigenvalue weighted by molar-refractivity contribution is 0.197. The summed E-state index contributed by atoms with van der Waals surface area (Å²) in [4.78, 5) is 0. The van der Waals surface area contributed by atoms with Crippen LogP contribution >= 0.6 is 0 Å². The molecule has 13 heavy (non-hydrogen) atoms. The van der Waals surface area contributed by atoms with Crippen molar-refractivity contribution in [1.29, 1.82) is 5.26 Å². The third kappa shape index (κ3) is 2.05. The second kappa shape index (κ2) is 3.33. The summed E-state index contributed by atoms with van der Waals surface area (Å²) in [5.41, 5.74) is 0.0909. The second-order valence-electron chi connectivity index (χ2n) is 5.22. The summed E-state index contributed by atoms with van der Waals surface area (Å²) in [7, 11) is 0. The lowest BCUT2D eigenvalue weighted by atomic mass is 9.69. The van der Waals surface area contributed by atoms with Gasteiger partial charge in [-0.25, -0.2) is 0 Å². The molecule has 0 N–H and O–H groups in total. The van der Waals surface area contributed by atoms with Gasteiger partial charge < -0.3 is 0 Å². The van der Waals surface area contributed by atoms with Gasteiger partial charge in [0.15, 0.2) is 0 Å². The van der Waals surface area contributed by atoms with E-state index in [9.17, 15) is 5.26 Å². The summed E-state index contributed by atoms with van der Waals surface area (Å²) >= 11 is 0. The molecule has 0 aliphatic heterocycles. The Hall–Kier alpha value is -0.510. The van der Waals surface area contributed by atoms with Crippen LogP contribution in [0.4, 0.5) is 0 Å². The molecule has 0 heterocycles. The molecule has 2 saturated carbocycles. The van der Waals surface area contributed by atoms with E-state index in [-0.39, 0.29) is 5.41 Å². The number of nitriles is 1. The van der Waals surface area contributed by atoms with E-state index in [0.717, 1.165) is 11.8 Å². The molecule has 2 fully saturated rings. The van der Waals surface area contributed by atoms with Crippen molar-refractivity contribution >= 4 is 0 Å². The molecule has 1 nitrogen and oxygen atoms in total. The molecule has 0 aromatic rings. The minimum Gasteiger partial charge on any atom is -0.198 e. The lowest BCUT2D eigenvalue weighted by Crippen LogP contribution is -2.25. The highest BCUT2D eigenvalue weighted by atomic mass is 14.5. The van der Waals surface area contributed by atoms with E-state index in [4.69, 9.17) is 0 Å². The maximum atomic E-state index is 9.25. The van der Waals surface area contributed by atoms with Crippen LogP contribution < -0.4 is 0 Å². The smallest absolute Gasteiger partial charge is 0.0689 e. The third-order valence-corrected chi connectivity index (χ3v) is 3.84. The Morgan fingerprint density at radius 1 is 1.23 bits per heavy atom. The van der Waals surface area contributed by atoms with Crippen molar-refractivity contribution in [1.82, 2.24) is 0 Å². The molecule has 0 amide bonds. The highest BCUT2D eigenvalue weighted by Gasteiger charge is 2.39. The Balaban J connectivity index is 1.94. The summed E-state index contributed by atoms with van der Waals surface area (Å²) in [5.74, 6) is 1.77. The van der Waals surface area contributed by atoms with Crippen molar-refractivity contribution in [2.45, 2.75) is 51.9 Å². The molecular weight excluding hydrogens is 158 g/mol. The van der Waals surface area contributed by atoms with E-state index in [1.807, 2.05) is 0 Å². The summed E-state index contributed by atoms with van der Waals surface area (Å²) < 4.78 is 0. The zero-order chi connectivity index (χ0) is 9.31. The largest absolute Gasteiger partial charge is 0.198 e. The molecule has 1 heteroatoms. The van der Waals surface area contributed by atoms with Gasteiger partial charge in [-0.05, 0) is 43.9 Å². The van der Waals surface area contributed by atoms with Crippen molar-refractivity contribution < 1.29 is 0 Å². The SMILES string of the molecule is CC1CCC(C#N)(CC2CC2)CC1. The van der Waals surface area contributed by atoms with Gasteiger partial charge in [-0.3, -0.25) is 0 Å². The topological polar surface area (TPSA) is 23.8 Å². The van der Waals surface area contributed by atoms with Crippen molar-refractivity contribution in [3.05, 3.63) is 0 Å². The van der Waals surface area contributed by atoms with Crippen LogP contribution in [0.3, 0.4) is 0 Å². The maximum Gasteiger partial charge on any atom is 0.0689 e. The molecule has 0 saturated heterocycles. The molecule has 2 aliphatic carbocycles. The average molecular weight is 177 g/mol. The van der Waals surface area contributed by atoms with Crippen molar-refractivity contribution in [3.63, 3.8) is 0 Å². The summed E-state index contributed by atoms with van der Waals surface area (Å²) in [5, 5.41) is 9.25. The third-order valence-electron chi connectivity index (χ3n) is 3.84. The Morgan fingerprint density at radius 3 is 2.31 bits per heavy atom. The minimum absolute atomic E-state index is 0.0909. The van der Waals surface area contributed by atoms with Crippen LogP contribution in [0.25, 0.3) is 0 Å². The average Bonchev–Trinajstić information content (AvgIpc) is 2.94. The molecule has 2 aliphatic rings. The van der Waals surface area contributed by atoms with E-state index in [1.165, 1.54) is 44.9 Å². The fraction of sp³-hybridized carbons (Fsp3) is 0.917. The first-order valence-electron chi connectivity index (χ1n) is 5.65. The Morgan fingerprint density at radius 2 is 1.85 bits per heavy atom. The molecule has 2 rings (SSSR count). The van der Waals surface area contributed by atoms with E-state index in [0.29, 0.717) is 0 Å². The molecule has 0 aromatic carbocycles. The highest BCUT2D eigenvalue weighted by molar-refractivity contribution is 5.03. The standard InChI is InChI=1S/C12H19N/c1-10-4-6-12(9-13,7-5-10)8-11-2-3-11/h10-11H,2-8H2,1H3. The molecule has 0 aromatic heterocycles. The van der Waals surface area contributed by atoms with Crippen molar-refractivity contribution in [2.75, 3.05) is 0 Å². The Bertz CT molecular complexity index is 214. The highest BCUT2D eigenvalue weighted by Crippen LogP contribution is 2.48. The van der Waals surface area contributed by atoms with E-state index < -0.39 is 0 Å². The van der Waals surface area contributed by atoms with Crippen molar-refractivity contribution in [2.24, 2.45) is 17.3 Å². The molecule has 0 atom stereocenters. The van der Waals surface area contributed by atoms with Gasteiger partial charge >= 0.3 is 0 Å². The van der Waals surface area contributed by atoms with E-state index >= 15 is 0 Å². The summed E-state index contributed by atoms with van der Waals surface area (Å²) in [6, 6.07) is 2.61. The van der Waals surface area contributed by atoms with Crippen LogP contribution in [-0.4, -0.2) is 0 Å². The molecule has 0 bridgehead atoms. The van der Waals surface area contributed by atoms with Crippen LogP contribution in [-0.2, 0) is 0 Å². The summed E-state index contributed by atoms with van der Waals surface area (Å²) in [6.45, 7) is 2.32. The van der Waals surface area contributed by atoms with Gasteiger partial charge in [0.1, 0.15) is 0 Å². The molecule has 0 radical (unpaired) electrons. The molecule has 72 valence electrons. The Labute approximate surface area is 81.1 Å². The zero-order valence-corrected chi connectivity index (χ0v) is 8.55. The van der Waals surface area contributed by atoms with Gasteiger partial charge in [-0.1, -0.05) is 19.8 Å². The van der Waals surface area contributed by atoms with Crippen LogP contribution in [0.15, 0.2) is 0 Å². The first-order valence-corrected chi connectivity index (χ1v) is 5.65. The molecule has 0 spiro atoms. The zero-order valence-electron chi connectivity index (χ0n) is 8.55. The molecule has 0 unspecified atom stereocenters. The first kappa shape index (κ1) is 9.06. The fourth-order valence-corrected chi connectivity index (χ4v) is 2.55. The number of rotatable bonds is 2. The van der Waals surface area contributed by atoms with Gasteiger partial charge in [0, 0.05) is 0 Å². The van der Waals surface area contributed by atoms with Crippen LogP contribution in [0.1, 0.15) is 51.9 Å². The maximum absolute atomic E-state index is 9.25. The van der Waals surface area contributed by atoms with Crippen molar-refractivity contribution in [3.8, 4) is 6.07 Å². The number of hydrogen-bond donors (Lipinski definition) is 0. The monoisotopic (exact) mass is 177 g/mol. The Kier molecular flexibility index (Phi) is 2.32.